The summed E-state index contributed by atoms with van der Waals surface area (Å²) in [6.45, 7) is 4.44. The summed E-state index contributed by atoms with van der Waals surface area (Å²) < 4.78 is 4.61. The van der Waals surface area contributed by atoms with Crippen molar-refractivity contribution in [3.8, 4) is 0 Å². The SMILES string of the molecule is COC(=O)C(CCN)NC(C)C. The Morgan fingerprint density at radius 3 is 2.50 bits per heavy atom. The predicted octanol–water partition coefficient (Wildman–Crippen LogP) is -0.125. The van der Waals surface area contributed by atoms with Gasteiger partial charge in [-0.1, -0.05) is 13.8 Å². The fraction of sp³-hybridized carbons (Fsp3) is 0.875. The number of carbonyl (C=O) groups excluding carboxylic acids is 1. The zero-order valence-electron chi connectivity index (χ0n) is 7.96. The molecule has 4 heteroatoms. The third kappa shape index (κ3) is 4.31. The van der Waals surface area contributed by atoms with Gasteiger partial charge in [-0.05, 0) is 13.0 Å². The Labute approximate surface area is 73.5 Å². The normalized spacial score (nSPS) is 13.1. The van der Waals surface area contributed by atoms with Crippen molar-refractivity contribution in [2.75, 3.05) is 13.7 Å². The van der Waals surface area contributed by atoms with Crippen molar-refractivity contribution < 1.29 is 9.53 Å². The maximum Gasteiger partial charge on any atom is 0.322 e. The second kappa shape index (κ2) is 5.97. The minimum absolute atomic E-state index is 0.242. The van der Waals surface area contributed by atoms with Crippen molar-refractivity contribution in [2.24, 2.45) is 5.73 Å². The molecule has 0 aliphatic rings. The van der Waals surface area contributed by atoms with Crippen LogP contribution in [0.5, 0.6) is 0 Å². The van der Waals surface area contributed by atoms with E-state index in [0.29, 0.717) is 13.0 Å². The fourth-order valence-electron chi connectivity index (χ4n) is 0.981. The van der Waals surface area contributed by atoms with Gasteiger partial charge in [0.25, 0.3) is 0 Å². The Balaban J connectivity index is 3.94. The van der Waals surface area contributed by atoms with Crippen molar-refractivity contribution in [2.45, 2.75) is 32.4 Å². The second-order valence-corrected chi connectivity index (χ2v) is 2.97. The van der Waals surface area contributed by atoms with Crippen LogP contribution in [0.4, 0.5) is 0 Å². The van der Waals surface area contributed by atoms with Gasteiger partial charge in [-0.15, -0.1) is 0 Å². The Morgan fingerprint density at radius 2 is 2.17 bits per heavy atom. The molecule has 3 N–H and O–H groups in total. The summed E-state index contributed by atoms with van der Waals surface area (Å²) in [4.78, 5) is 11.1. The van der Waals surface area contributed by atoms with E-state index in [1.807, 2.05) is 13.8 Å². The van der Waals surface area contributed by atoms with E-state index < -0.39 is 0 Å². The van der Waals surface area contributed by atoms with Gasteiger partial charge in [0, 0.05) is 6.04 Å². The third-order valence-electron chi connectivity index (χ3n) is 1.48. The summed E-state index contributed by atoms with van der Waals surface area (Å²) >= 11 is 0. The highest BCUT2D eigenvalue weighted by atomic mass is 16.5. The van der Waals surface area contributed by atoms with Crippen molar-refractivity contribution in [3.05, 3.63) is 0 Å². The Hall–Kier alpha value is -0.610. The minimum Gasteiger partial charge on any atom is -0.468 e. The standard InChI is InChI=1S/C8H18N2O2/c1-6(2)10-7(4-5-9)8(11)12-3/h6-7,10H,4-5,9H2,1-3H3. The first-order chi connectivity index (χ1) is 5.61. The molecular formula is C8H18N2O2. The maximum atomic E-state index is 11.1. The largest absolute Gasteiger partial charge is 0.468 e. The smallest absolute Gasteiger partial charge is 0.322 e. The van der Waals surface area contributed by atoms with Gasteiger partial charge in [0.2, 0.25) is 0 Å². The van der Waals surface area contributed by atoms with Gasteiger partial charge in [0.15, 0.2) is 0 Å². The molecule has 0 radical (unpaired) electrons. The molecule has 0 aliphatic heterocycles. The molecule has 0 spiro atoms. The van der Waals surface area contributed by atoms with E-state index in [0.717, 1.165) is 0 Å². The molecule has 12 heavy (non-hydrogen) atoms. The molecule has 1 unspecified atom stereocenters. The van der Waals surface area contributed by atoms with Gasteiger partial charge in [0.05, 0.1) is 7.11 Å². The number of hydrogen-bond acceptors (Lipinski definition) is 4. The van der Waals surface area contributed by atoms with Gasteiger partial charge in [-0.2, -0.15) is 0 Å². The highest BCUT2D eigenvalue weighted by Gasteiger charge is 2.17. The van der Waals surface area contributed by atoms with E-state index in [1.165, 1.54) is 7.11 Å². The number of hydrogen-bond donors (Lipinski definition) is 2. The molecule has 0 saturated heterocycles. The van der Waals surface area contributed by atoms with E-state index in [-0.39, 0.29) is 18.1 Å². The van der Waals surface area contributed by atoms with Crippen LogP contribution in [0.2, 0.25) is 0 Å². The molecule has 0 bridgehead atoms. The minimum atomic E-state index is -0.264. The number of ether oxygens (including phenoxy) is 1. The second-order valence-electron chi connectivity index (χ2n) is 2.97. The molecule has 0 fully saturated rings. The van der Waals surface area contributed by atoms with Crippen LogP contribution in [0.15, 0.2) is 0 Å². The Bertz CT molecular complexity index is 137. The van der Waals surface area contributed by atoms with Crippen LogP contribution in [-0.4, -0.2) is 31.7 Å². The van der Waals surface area contributed by atoms with Crippen LogP contribution in [-0.2, 0) is 9.53 Å². The number of methoxy groups -OCH3 is 1. The van der Waals surface area contributed by atoms with Crippen LogP contribution in [0, 0.1) is 0 Å². The number of nitrogens with two attached hydrogens (primary N) is 1. The lowest BCUT2D eigenvalue weighted by molar-refractivity contribution is -0.143. The van der Waals surface area contributed by atoms with Crippen molar-refractivity contribution >= 4 is 5.97 Å². The zero-order chi connectivity index (χ0) is 9.56. The summed E-state index contributed by atoms with van der Waals surface area (Å²) in [6.07, 6.45) is 0.616. The quantitative estimate of drug-likeness (QED) is 0.570. The molecule has 0 aromatic heterocycles. The first-order valence-electron chi connectivity index (χ1n) is 4.15. The molecular weight excluding hydrogens is 156 g/mol. The average Bonchev–Trinajstić information content (AvgIpc) is 2.01. The highest BCUT2D eigenvalue weighted by Crippen LogP contribution is 1.95. The van der Waals surface area contributed by atoms with Gasteiger partial charge in [-0.25, -0.2) is 0 Å². The molecule has 0 aliphatic carbocycles. The van der Waals surface area contributed by atoms with E-state index in [4.69, 9.17) is 5.73 Å². The van der Waals surface area contributed by atoms with E-state index >= 15 is 0 Å². The summed E-state index contributed by atoms with van der Waals surface area (Å²) in [5.74, 6) is -0.242. The zero-order valence-corrected chi connectivity index (χ0v) is 7.96. The lowest BCUT2D eigenvalue weighted by Crippen LogP contribution is -2.42. The van der Waals surface area contributed by atoms with Gasteiger partial charge in [0.1, 0.15) is 6.04 Å². The van der Waals surface area contributed by atoms with E-state index in [1.54, 1.807) is 0 Å². The van der Waals surface area contributed by atoms with Crippen molar-refractivity contribution in [1.82, 2.24) is 5.32 Å². The Kier molecular flexibility index (Phi) is 5.66. The molecule has 4 nitrogen and oxygen atoms in total. The summed E-state index contributed by atoms with van der Waals surface area (Å²) in [5.41, 5.74) is 5.35. The van der Waals surface area contributed by atoms with E-state index in [9.17, 15) is 4.79 Å². The lowest BCUT2D eigenvalue weighted by atomic mass is 10.2. The first-order valence-corrected chi connectivity index (χ1v) is 4.15. The van der Waals surface area contributed by atoms with Gasteiger partial charge < -0.3 is 15.8 Å². The first kappa shape index (κ1) is 11.4. The maximum absolute atomic E-state index is 11.1. The highest BCUT2D eigenvalue weighted by molar-refractivity contribution is 5.75. The monoisotopic (exact) mass is 174 g/mol. The average molecular weight is 174 g/mol. The summed E-state index contributed by atoms with van der Waals surface area (Å²) in [7, 11) is 1.38. The predicted molar refractivity (Wildman–Crippen MR) is 47.7 cm³/mol. The molecule has 0 saturated carbocycles. The molecule has 1 atom stereocenters. The molecule has 0 amide bonds. The van der Waals surface area contributed by atoms with Crippen molar-refractivity contribution in [3.63, 3.8) is 0 Å². The number of carbonyl (C=O) groups is 1. The van der Waals surface area contributed by atoms with Crippen LogP contribution in [0.3, 0.4) is 0 Å². The number of esters is 1. The number of nitrogens with one attached hydrogen (secondary N) is 1. The molecule has 0 aromatic carbocycles. The van der Waals surface area contributed by atoms with Crippen LogP contribution >= 0.6 is 0 Å². The summed E-state index contributed by atoms with van der Waals surface area (Å²) in [6, 6.07) is 0.000602. The molecule has 72 valence electrons. The molecule has 0 rings (SSSR count). The Morgan fingerprint density at radius 1 is 1.58 bits per heavy atom. The third-order valence-corrected chi connectivity index (χ3v) is 1.48. The number of rotatable bonds is 5. The van der Waals surface area contributed by atoms with E-state index in [2.05, 4.69) is 10.1 Å². The molecule has 0 heterocycles. The van der Waals surface area contributed by atoms with Crippen molar-refractivity contribution in [1.29, 1.82) is 0 Å². The topological polar surface area (TPSA) is 64.3 Å². The van der Waals surface area contributed by atoms with Crippen LogP contribution in [0.25, 0.3) is 0 Å². The van der Waals surface area contributed by atoms with Gasteiger partial charge >= 0.3 is 5.97 Å². The van der Waals surface area contributed by atoms with Crippen LogP contribution in [0.1, 0.15) is 20.3 Å². The fourth-order valence-corrected chi connectivity index (χ4v) is 0.981. The molecule has 0 aromatic rings. The lowest BCUT2D eigenvalue weighted by Gasteiger charge is -2.17. The van der Waals surface area contributed by atoms with Crippen LogP contribution < -0.4 is 11.1 Å². The van der Waals surface area contributed by atoms with Gasteiger partial charge in [-0.3, -0.25) is 4.79 Å². The summed E-state index contributed by atoms with van der Waals surface area (Å²) in [5, 5.41) is 3.08.